The van der Waals surface area contributed by atoms with Crippen LogP contribution in [0, 0.1) is 11.6 Å². The highest BCUT2D eigenvalue weighted by atomic mass is 127. The number of hydrogen-bond acceptors (Lipinski definition) is 3. The van der Waals surface area contributed by atoms with Gasteiger partial charge >= 0.3 is 0 Å². The largest absolute Gasteiger partial charge is 0.492 e. The van der Waals surface area contributed by atoms with E-state index in [1.807, 2.05) is 17.3 Å². The van der Waals surface area contributed by atoms with Crippen molar-refractivity contribution in [1.82, 2.24) is 10.2 Å². The Morgan fingerprint density at radius 3 is 2.71 bits per heavy atom. The van der Waals surface area contributed by atoms with E-state index in [4.69, 9.17) is 4.74 Å². The quantitative estimate of drug-likeness (QED) is 0.305. The van der Waals surface area contributed by atoms with Gasteiger partial charge in [-0.25, -0.2) is 8.78 Å². The lowest BCUT2D eigenvalue weighted by molar-refractivity contribution is 0.316. The average molecular weight is 467 g/mol. The van der Waals surface area contributed by atoms with Gasteiger partial charge in [-0.05, 0) is 34.5 Å². The van der Waals surface area contributed by atoms with Crippen molar-refractivity contribution in [2.45, 2.75) is 6.54 Å². The van der Waals surface area contributed by atoms with Crippen LogP contribution >= 0.6 is 35.3 Å². The lowest BCUT2D eigenvalue weighted by atomic mass is 10.3. The molecule has 1 aromatic carbocycles. The third-order valence-electron chi connectivity index (χ3n) is 3.12. The summed E-state index contributed by atoms with van der Waals surface area (Å²) in [6.45, 7) is 1.57. The van der Waals surface area contributed by atoms with E-state index in [1.165, 1.54) is 11.6 Å². The zero-order valence-corrected chi connectivity index (χ0v) is 16.6. The summed E-state index contributed by atoms with van der Waals surface area (Å²) in [5, 5.41) is 7.29. The molecule has 0 aliphatic carbocycles. The van der Waals surface area contributed by atoms with Crippen LogP contribution in [0.4, 0.5) is 8.78 Å². The first-order valence-electron chi connectivity index (χ1n) is 7.11. The Balaban J connectivity index is 0.00000288. The molecule has 0 bridgehead atoms. The average Bonchev–Trinajstić information content (AvgIpc) is 3.03. The maximum absolute atomic E-state index is 13.1. The molecule has 0 saturated heterocycles. The van der Waals surface area contributed by atoms with Crippen LogP contribution in [0.2, 0.25) is 0 Å². The summed E-state index contributed by atoms with van der Waals surface area (Å²) >= 11 is 1.66. The van der Waals surface area contributed by atoms with Crippen molar-refractivity contribution in [2.24, 2.45) is 4.99 Å². The maximum atomic E-state index is 13.1. The molecule has 0 aliphatic heterocycles. The second-order valence-corrected chi connectivity index (χ2v) is 5.67. The minimum absolute atomic E-state index is 0. The number of nitrogens with zero attached hydrogens (tertiary/aromatic N) is 2. The SMILES string of the molecule is CN=C(NCCOc1ccc(F)c(F)c1)N(C)Cc1ccsc1.I. The number of guanidine groups is 1. The fourth-order valence-electron chi connectivity index (χ4n) is 2.01. The molecule has 132 valence electrons. The number of hydrogen-bond donors (Lipinski definition) is 1. The molecule has 2 aromatic rings. The molecular formula is C16H20F2IN3OS. The molecule has 0 amide bonds. The van der Waals surface area contributed by atoms with E-state index in [-0.39, 0.29) is 24.0 Å². The van der Waals surface area contributed by atoms with Crippen LogP contribution in [0.25, 0.3) is 0 Å². The summed E-state index contributed by atoms with van der Waals surface area (Å²) in [4.78, 5) is 6.21. The van der Waals surface area contributed by atoms with Gasteiger partial charge in [0.15, 0.2) is 17.6 Å². The minimum Gasteiger partial charge on any atom is -0.492 e. The predicted molar refractivity (Wildman–Crippen MR) is 104 cm³/mol. The smallest absolute Gasteiger partial charge is 0.193 e. The van der Waals surface area contributed by atoms with E-state index in [2.05, 4.69) is 21.8 Å². The van der Waals surface area contributed by atoms with E-state index >= 15 is 0 Å². The number of rotatable bonds is 6. The van der Waals surface area contributed by atoms with Gasteiger partial charge in [-0.15, -0.1) is 24.0 Å². The zero-order chi connectivity index (χ0) is 16.7. The molecule has 8 heteroatoms. The first kappa shape index (κ1) is 20.6. The minimum atomic E-state index is -0.915. The number of aliphatic imine (C=N–C) groups is 1. The van der Waals surface area contributed by atoms with Gasteiger partial charge < -0.3 is 15.0 Å². The normalized spacial score (nSPS) is 10.9. The zero-order valence-electron chi connectivity index (χ0n) is 13.5. The van der Waals surface area contributed by atoms with Crippen LogP contribution in [0.3, 0.4) is 0 Å². The van der Waals surface area contributed by atoms with E-state index < -0.39 is 11.6 Å². The summed E-state index contributed by atoms with van der Waals surface area (Å²) < 4.78 is 31.3. The summed E-state index contributed by atoms with van der Waals surface area (Å²) in [6, 6.07) is 5.55. The molecule has 0 spiro atoms. The molecular weight excluding hydrogens is 447 g/mol. The molecule has 0 saturated carbocycles. The Labute approximate surface area is 161 Å². The van der Waals surface area contributed by atoms with Gasteiger partial charge in [0, 0.05) is 26.7 Å². The molecule has 1 aromatic heterocycles. The first-order valence-corrected chi connectivity index (χ1v) is 8.05. The lowest BCUT2D eigenvalue weighted by Crippen LogP contribution is -2.40. The summed E-state index contributed by atoms with van der Waals surface area (Å²) in [7, 11) is 3.66. The Morgan fingerprint density at radius 1 is 1.29 bits per heavy atom. The standard InChI is InChI=1S/C16H19F2N3OS.HI/c1-19-16(21(2)10-12-5-8-23-11-12)20-6-7-22-13-3-4-14(17)15(18)9-13;/h3-5,8-9,11H,6-7,10H2,1-2H3,(H,19,20);1H. The molecule has 0 atom stereocenters. The molecule has 24 heavy (non-hydrogen) atoms. The Bertz CT molecular complexity index is 653. The van der Waals surface area contributed by atoms with Crippen LogP contribution in [0.5, 0.6) is 5.75 Å². The highest BCUT2D eigenvalue weighted by Gasteiger charge is 2.07. The number of ether oxygens (including phenoxy) is 1. The highest BCUT2D eigenvalue weighted by Crippen LogP contribution is 2.15. The van der Waals surface area contributed by atoms with Crippen molar-refractivity contribution >= 4 is 41.3 Å². The van der Waals surface area contributed by atoms with Crippen LogP contribution < -0.4 is 10.1 Å². The third-order valence-corrected chi connectivity index (χ3v) is 3.85. The molecule has 0 unspecified atom stereocenters. The molecule has 0 fully saturated rings. The van der Waals surface area contributed by atoms with Gasteiger partial charge in [0.05, 0.1) is 6.54 Å². The topological polar surface area (TPSA) is 36.9 Å². The first-order chi connectivity index (χ1) is 11.1. The van der Waals surface area contributed by atoms with Crippen molar-refractivity contribution < 1.29 is 13.5 Å². The molecule has 0 aliphatic rings. The number of nitrogens with one attached hydrogen (secondary N) is 1. The monoisotopic (exact) mass is 467 g/mol. The summed E-state index contributed by atoms with van der Waals surface area (Å²) in [6.07, 6.45) is 0. The van der Waals surface area contributed by atoms with Gasteiger partial charge in [-0.2, -0.15) is 11.3 Å². The van der Waals surface area contributed by atoms with Gasteiger partial charge in [-0.3, -0.25) is 4.99 Å². The van der Waals surface area contributed by atoms with Crippen molar-refractivity contribution in [1.29, 1.82) is 0 Å². The molecule has 1 heterocycles. The Kier molecular flexibility index (Phi) is 8.98. The second kappa shape index (κ2) is 10.4. The number of thiophene rings is 1. The fourth-order valence-corrected chi connectivity index (χ4v) is 2.67. The van der Waals surface area contributed by atoms with Crippen molar-refractivity contribution in [3.05, 3.63) is 52.2 Å². The lowest BCUT2D eigenvalue weighted by Gasteiger charge is -2.21. The fraction of sp³-hybridized carbons (Fsp3) is 0.312. The van der Waals surface area contributed by atoms with Crippen LogP contribution in [0.15, 0.2) is 40.0 Å². The van der Waals surface area contributed by atoms with Crippen LogP contribution in [-0.2, 0) is 6.54 Å². The number of benzene rings is 1. The van der Waals surface area contributed by atoms with Crippen LogP contribution in [-0.4, -0.2) is 38.1 Å². The van der Waals surface area contributed by atoms with E-state index in [0.29, 0.717) is 18.9 Å². The van der Waals surface area contributed by atoms with Crippen LogP contribution in [0.1, 0.15) is 5.56 Å². The van der Waals surface area contributed by atoms with Crippen molar-refractivity contribution in [3.8, 4) is 5.75 Å². The highest BCUT2D eigenvalue weighted by molar-refractivity contribution is 14.0. The van der Waals surface area contributed by atoms with Gasteiger partial charge in [-0.1, -0.05) is 0 Å². The predicted octanol–water partition coefficient (Wildman–Crippen LogP) is 3.73. The van der Waals surface area contributed by atoms with Gasteiger partial charge in [0.1, 0.15) is 12.4 Å². The maximum Gasteiger partial charge on any atom is 0.193 e. The van der Waals surface area contributed by atoms with E-state index in [0.717, 1.165) is 24.6 Å². The molecule has 4 nitrogen and oxygen atoms in total. The molecule has 0 radical (unpaired) electrons. The Hall–Kier alpha value is -1.42. The van der Waals surface area contributed by atoms with Gasteiger partial charge in [0.25, 0.3) is 0 Å². The van der Waals surface area contributed by atoms with E-state index in [1.54, 1.807) is 18.4 Å². The summed E-state index contributed by atoms with van der Waals surface area (Å²) in [5.41, 5.74) is 1.22. The molecule has 1 N–H and O–H groups in total. The second-order valence-electron chi connectivity index (χ2n) is 4.89. The number of halogens is 3. The molecule has 2 rings (SSSR count). The Morgan fingerprint density at radius 2 is 2.08 bits per heavy atom. The van der Waals surface area contributed by atoms with E-state index in [9.17, 15) is 8.78 Å². The van der Waals surface area contributed by atoms with Crippen molar-refractivity contribution in [3.63, 3.8) is 0 Å². The van der Waals surface area contributed by atoms with Crippen molar-refractivity contribution in [2.75, 3.05) is 27.2 Å². The summed E-state index contributed by atoms with van der Waals surface area (Å²) in [5.74, 6) is -0.759. The third kappa shape index (κ3) is 6.23. The van der Waals surface area contributed by atoms with Gasteiger partial charge in [0.2, 0.25) is 0 Å².